The minimum Gasteiger partial charge on any atom is -0.412 e. The van der Waals surface area contributed by atoms with Crippen LogP contribution >= 0.6 is 0 Å². The predicted molar refractivity (Wildman–Crippen MR) is 91.8 cm³/mol. The third-order valence-corrected chi connectivity index (χ3v) is 5.29. The molecule has 0 radical (unpaired) electrons. The van der Waals surface area contributed by atoms with Crippen molar-refractivity contribution in [3.05, 3.63) is 0 Å². The number of hydrogen-bond acceptors (Lipinski definition) is 3. The molecule has 1 saturated heterocycles. The molecule has 0 bridgehead atoms. The Morgan fingerprint density at radius 3 is 2.45 bits per heavy atom. The molecule has 2 fully saturated rings. The molecule has 0 aromatic heterocycles. The zero-order valence-electron chi connectivity index (χ0n) is 14.4. The second-order valence-electron chi connectivity index (χ2n) is 6.80. The normalized spacial score (nSPS) is 31.6. The minimum atomic E-state index is -0.158. The van der Waals surface area contributed by atoms with Gasteiger partial charge in [-0.25, -0.2) is 5.01 Å². The van der Waals surface area contributed by atoms with Crippen LogP contribution in [-0.4, -0.2) is 45.8 Å². The van der Waals surface area contributed by atoms with Crippen LogP contribution in [0.2, 0.25) is 0 Å². The van der Waals surface area contributed by atoms with Crippen molar-refractivity contribution in [3.63, 3.8) is 0 Å². The van der Waals surface area contributed by atoms with Crippen LogP contribution in [0.1, 0.15) is 84.0 Å². The summed E-state index contributed by atoms with van der Waals surface area (Å²) in [5, 5.41) is 13.4. The first-order valence-electron chi connectivity index (χ1n) is 8.99. The maximum atomic E-state index is 10.9. The van der Waals surface area contributed by atoms with Gasteiger partial charge in [-0.15, -0.1) is 0 Å². The molecule has 1 heterocycles. The van der Waals surface area contributed by atoms with E-state index >= 15 is 0 Å². The fourth-order valence-electron chi connectivity index (χ4n) is 4.15. The number of hydrogen-bond donors (Lipinski definition) is 2. The highest BCUT2D eigenvalue weighted by atomic mass is 16.3. The van der Waals surface area contributed by atoms with E-state index in [0.717, 1.165) is 38.8 Å². The van der Waals surface area contributed by atoms with Crippen LogP contribution in [0.25, 0.3) is 0 Å². The zero-order chi connectivity index (χ0) is 14.3. The van der Waals surface area contributed by atoms with Crippen LogP contribution in [0.15, 0.2) is 0 Å². The van der Waals surface area contributed by atoms with E-state index in [-0.39, 0.29) is 22.6 Å². The summed E-state index contributed by atoms with van der Waals surface area (Å²) in [5.41, 5.74) is 3.66. The van der Waals surface area contributed by atoms with Gasteiger partial charge in [0.25, 0.3) is 0 Å². The van der Waals surface area contributed by atoms with E-state index in [2.05, 4.69) is 17.4 Å². The van der Waals surface area contributed by atoms with Crippen LogP contribution in [0, 0.1) is 0 Å². The lowest BCUT2D eigenvalue weighted by molar-refractivity contribution is -0.0833. The van der Waals surface area contributed by atoms with Crippen molar-refractivity contribution in [3.8, 4) is 0 Å². The van der Waals surface area contributed by atoms with Crippen molar-refractivity contribution in [1.82, 2.24) is 10.4 Å². The largest absolute Gasteiger partial charge is 0.412 e. The molecule has 6 N–H and O–H groups in total. The molecule has 22 heavy (non-hydrogen) atoms. The second-order valence-corrected chi connectivity index (χ2v) is 6.80. The van der Waals surface area contributed by atoms with E-state index in [1.165, 1.54) is 51.4 Å². The third kappa shape index (κ3) is 5.46. The van der Waals surface area contributed by atoms with E-state index in [4.69, 9.17) is 0 Å². The average Bonchev–Trinajstić information content (AvgIpc) is 2.39. The second kappa shape index (κ2) is 11.4. The number of hydrazine groups is 1. The van der Waals surface area contributed by atoms with Gasteiger partial charge in [-0.05, 0) is 32.1 Å². The molecule has 1 aliphatic carbocycles. The predicted octanol–water partition coefficient (Wildman–Crippen LogP) is 1.97. The Bertz CT molecular complexity index is 271. The summed E-state index contributed by atoms with van der Waals surface area (Å²) in [6.45, 7) is 4.45. The van der Waals surface area contributed by atoms with Crippen molar-refractivity contribution in [2.24, 2.45) is 0 Å². The molecule has 0 spiro atoms. The smallest absolute Gasteiger partial charge is 0.0737 e. The minimum absolute atomic E-state index is 0. The van der Waals surface area contributed by atoms with E-state index in [1.807, 2.05) is 0 Å². The van der Waals surface area contributed by atoms with Crippen LogP contribution in [0.4, 0.5) is 0 Å². The highest BCUT2D eigenvalue weighted by Gasteiger charge is 2.42. The zero-order valence-corrected chi connectivity index (χ0v) is 14.4. The molecule has 2 atom stereocenters. The Kier molecular flexibility index (Phi) is 11.3. The lowest BCUT2D eigenvalue weighted by Gasteiger charge is -2.49. The van der Waals surface area contributed by atoms with Crippen molar-refractivity contribution in [1.29, 1.82) is 0 Å². The molecule has 5 heteroatoms. The molecule has 134 valence electrons. The molecular weight excluding hydrogens is 280 g/mol. The molecule has 0 aromatic rings. The Hall–Kier alpha value is -0.200. The number of aliphatic hydroxyl groups is 1. The molecule has 1 saturated carbocycles. The van der Waals surface area contributed by atoms with Crippen molar-refractivity contribution >= 4 is 0 Å². The Morgan fingerprint density at radius 2 is 1.68 bits per heavy atom. The maximum absolute atomic E-state index is 10.9. The Morgan fingerprint density at radius 1 is 1.00 bits per heavy atom. The molecule has 1 aliphatic heterocycles. The van der Waals surface area contributed by atoms with Gasteiger partial charge < -0.3 is 16.1 Å². The summed E-state index contributed by atoms with van der Waals surface area (Å²) in [5.74, 6) is 0. The number of nitrogens with one attached hydrogen (secondary N) is 1. The SMILES string of the molecule is CCCC1(N2CCCCCCN2)CCCCCCC1O.O.O. The van der Waals surface area contributed by atoms with Gasteiger partial charge in [0, 0.05) is 13.1 Å². The van der Waals surface area contributed by atoms with Crippen molar-refractivity contribution < 1.29 is 16.1 Å². The van der Waals surface area contributed by atoms with Gasteiger partial charge in [0.05, 0.1) is 11.6 Å². The van der Waals surface area contributed by atoms with Crippen LogP contribution < -0.4 is 5.43 Å². The van der Waals surface area contributed by atoms with Crippen LogP contribution in [0.3, 0.4) is 0 Å². The monoisotopic (exact) mass is 318 g/mol. The lowest BCUT2D eigenvalue weighted by atomic mass is 9.77. The molecule has 0 amide bonds. The summed E-state index contributed by atoms with van der Waals surface area (Å²) in [7, 11) is 0. The molecular formula is C17H38N2O3. The molecule has 2 rings (SSSR count). The molecule has 0 aromatic carbocycles. The number of nitrogens with zero attached hydrogens (tertiary/aromatic N) is 1. The fraction of sp³-hybridized carbons (Fsp3) is 1.00. The topological polar surface area (TPSA) is 98.5 Å². The first-order valence-corrected chi connectivity index (χ1v) is 8.99. The summed E-state index contributed by atoms with van der Waals surface area (Å²) < 4.78 is 0. The highest BCUT2D eigenvalue weighted by molar-refractivity contribution is 4.96. The van der Waals surface area contributed by atoms with Crippen LogP contribution in [-0.2, 0) is 0 Å². The van der Waals surface area contributed by atoms with Gasteiger partial charge in [-0.3, -0.25) is 5.43 Å². The first kappa shape index (κ1) is 21.8. The fourth-order valence-corrected chi connectivity index (χ4v) is 4.15. The third-order valence-electron chi connectivity index (χ3n) is 5.29. The Balaban J connectivity index is 0.00000220. The van der Waals surface area contributed by atoms with Gasteiger partial charge in [-0.2, -0.15) is 0 Å². The van der Waals surface area contributed by atoms with Crippen LogP contribution in [0.5, 0.6) is 0 Å². The summed E-state index contributed by atoms with van der Waals surface area (Å²) in [6, 6.07) is 0. The van der Waals surface area contributed by atoms with E-state index in [1.54, 1.807) is 0 Å². The summed E-state index contributed by atoms with van der Waals surface area (Å²) >= 11 is 0. The van der Waals surface area contributed by atoms with Gasteiger partial charge >= 0.3 is 0 Å². The summed E-state index contributed by atoms with van der Waals surface area (Å²) in [4.78, 5) is 0. The standard InChI is InChI=1S/C17H34N2O.2H2O/c1-2-12-17(13-8-4-3-7-11-16(17)20)19-15-10-6-5-9-14-18-19;;/h16,18,20H,2-15H2,1H3;2*1H2. The quantitative estimate of drug-likeness (QED) is 0.832. The van der Waals surface area contributed by atoms with Gasteiger partial charge in [0.2, 0.25) is 0 Å². The van der Waals surface area contributed by atoms with Gasteiger partial charge in [-0.1, -0.05) is 51.9 Å². The molecule has 5 nitrogen and oxygen atoms in total. The maximum Gasteiger partial charge on any atom is 0.0737 e. The average molecular weight is 319 g/mol. The Labute approximate surface area is 136 Å². The first-order chi connectivity index (χ1) is 9.79. The molecule has 2 aliphatic rings. The van der Waals surface area contributed by atoms with E-state index < -0.39 is 0 Å². The lowest BCUT2D eigenvalue weighted by Crippen LogP contribution is -2.62. The highest BCUT2D eigenvalue weighted by Crippen LogP contribution is 2.35. The van der Waals surface area contributed by atoms with Gasteiger partial charge in [0.1, 0.15) is 0 Å². The number of aliphatic hydroxyl groups excluding tert-OH is 1. The van der Waals surface area contributed by atoms with E-state index in [0.29, 0.717) is 0 Å². The van der Waals surface area contributed by atoms with E-state index in [9.17, 15) is 5.11 Å². The van der Waals surface area contributed by atoms with Gasteiger partial charge in [0.15, 0.2) is 0 Å². The summed E-state index contributed by atoms with van der Waals surface area (Å²) in [6.07, 6.45) is 14.6. The van der Waals surface area contributed by atoms with Crippen molar-refractivity contribution in [2.75, 3.05) is 13.1 Å². The van der Waals surface area contributed by atoms with Crippen molar-refractivity contribution in [2.45, 2.75) is 95.6 Å². The number of rotatable bonds is 3. The molecule has 2 unspecified atom stereocenters.